The zero-order chi connectivity index (χ0) is 15.0. The van der Waals surface area contributed by atoms with Gasteiger partial charge in [-0.15, -0.1) is 6.42 Å². The van der Waals surface area contributed by atoms with Crippen LogP contribution in [0.15, 0.2) is 0 Å². The fourth-order valence-electron chi connectivity index (χ4n) is 3.15. The lowest BCUT2D eigenvalue weighted by molar-refractivity contribution is -0.147. The monoisotopic (exact) mass is 297 g/mol. The average Bonchev–Trinajstić information content (AvgIpc) is 2.63. The molecule has 114 valence electrons. The molecule has 4 nitrogen and oxygen atoms in total. The van der Waals surface area contributed by atoms with E-state index >= 15 is 0 Å². The summed E-state index contributed by atoms with van der Waals surface area (Å²) in [6.45, 7) is 13.4. The van der Waals surface area contributed by atoms with Crippen molar-refractivity contribution in [3.63, 3.8) is 0 Å². The molecule has 0 aliphatic carbocycles. The summed E-state index contributed by atoms with van der Waals surface area (Å²) >= 11 is 0. The molecule has 2 aliphatic rings. The second-order valence-electron chi connectivity index (χ2n) is 7.24. The van der Waals surface area contributed by atoms with Crippen LogP contribution in [0, 0.1) is 12.3 Å². The lowest BCUT2D eigenvalue weighted by Crippen LogP contribution is -2.57. The maximum Gasteiger partial charge on any atom is 0.165 e. The van der Waals surface area contributed by atoms with E-state index in [2.05, 4.69) is 30.5 Å². The van der Waals surface area contributed by atoms with Crippen LogP contribution in [0.25, 0.3) is 0 Å². The largest absolute Gasteiger partial charge is 0.366 e. The zero-order valence-corrected chi connectivity index (χ0v) is 14.3. The van der Waals surface area contributed by atoms with Gasteiger partial charge in [0.25, 0.3) is 0 Å². The number of ether oxygens (including phenoxy) is 3. The Morgan fingerprint density at radius 1 is 1.30 bits per heavy atom. The van der Waals surface area contributed by atoms with Crippen molar-refractivity contribution in [1.82, 2.24) is 4.90 Å². The Bertz CT molecular complexity index is 386. The second-order valence-corrected chi connectivity index (χ2v) is 12.6. The molecule has 0 N–H and O–H groups in total. The van der Waals surface area contributed by atoms with Gasteiger partial charge < -0.3 is 14.2 Å². The topological polar surface area (TPSA) is 30.9 Å². The van der Waals surface area contributed by atoms with Crippen LogP contribution >= 0.6 is 0 Å². The number of rotatable bonds is 3. The van der Waals surface area contributed by atoms with Crippen LogP contribution in [-0.4, -0.2) is 56.5 Å². The standard InChI is InChI=1S/C15H27NO3Si/c1-7-12-13(19-15(2,3)18-12)10-16-11-17-9-8-14(16)20(4,5)6/h1,12-14H,8-11H2,2-6H3/t12-,13-,14?/m0/s1. The predicted octanol–water partition coefficient (Wildman–Crippen LogP) is 2.07. The predicted molar refractivity (Wildman–Crippen MR) is 81.9 cm³/mol. The highest BCUT2D eigenvalue weighted by Gasteiger charge is 2.43. The molecular formula is C15H27NO3Si. The Morgan fingerprint density at radius 3 is 2.60 bits per heavy atom. The highest BCUT2D eigenvalue weighted by molar-refractivity contribution is 6.77. The van der Waals surface area contributed by atoms with Crippen molar-refractivity contribution in [2.24, 2.45) is 0 Å². The fourth-order valence-corrected chi connectivity index (χ4v) is 5.41. The van der Waals surface area contributed by atoms with E-state index < -0.39 is 13.9 Å². The van der Waals surface area contributed by atoms with Gasteiger partial charge in [0, 0.05) is 18.8 Å². The van der Waals surface area contributed by atoms with Crippen molar-refractivity contribution in [3.05, 3.63) is 0 Å². The molecule has 2 aliphatic heterocycles. The molecule has 2 rings (SSSR count). The van der Waals surface area contributed by atoms with Gasteiger partial charge in [-0.1, -0.05) is 25.6 Å². The Kier molecular flexibility index (Phi) is 4.62. The Morgan fingerprint density at radius 2 is 2.00 bits per heavy atom. The molecule has 0 amide bonds. The third-order valence-electron chi connectivity index (χ3n) is 4.00. The molecule has 0 bridgehead atoms. The number of hydrogen-bond donors (Lipinski definition) is 0. The van der Waals surface area contributed by atoms with E-state index in [1.807, 2.05) is 13.8 Å². The fraction of sp³-hybridized carbons (Fsp3) is 0.867. The third-order valence-corrected chi connectivity index (χ3v) is 6.65. The maximum absolute atomic E-state index is 5.97. The first-order chi connectivity index (χ1) is 9.23. The molecule has 0 radical (unpaired) electrons. The average molecular weight is 297 g/mol. The van der Waals surface area contributed by atoms with E-state index in [-0.39, 0.29) is 12.2 Å². The molecule has 2 heterocycles. The summed E-state index contributed by atoms with van der Waals surface area (Å²) in [6, 6.07) is 0. The summed E-state index contributed by atoms with van der Waals surface area (Å²) in [5.41, 5.74) is 0.613. The van der Waals surface area contributed by atoms with Crippen LogP contribution < -0.4 is 0 Å². The molecular weight excluding hydrogens is 270 g/mol. The first kappa shape index (κ1) is 16.0. The van der Waals surface area contributed by atoms with Crippen molar-refractivity contribution >= 4 is 8.07 Å². The molecule has 0 aromatic carbocycles. The van der Waals surface area contributed by atoms with Gasteiger partial charge in [-0.25, -0.2) is 0 Å². The van der Waals surface area contributed by atoms with Crippen LogP contribution in [0.1, 0.15) is 20.3 Å². The molecule has 3 atom stereocenters. The molecule has 20 heavy (non-hydrogen) atoms. The normalized spacial score (nSPS) is 34.9. The quantitative estimate of drug-likeness (QED) is 0.589. The minimum Gasteiger partial charge on any atom is -0.366 e. The summed E-state index contributed by atoms with van der Waals surface area (Å²) in [6.07, 6.45) is 6.34. The zero-order valence-electron chi connectivity index (χ0n) is 13.3. The van der Waals surface area contributed by atoms with Crippen molar-refractivity contribution in [3.8, 4) is 12.3 Å². The molecule has 0 aromatic heterocycles. The first-order valence-corrected chi connectivity index (χ1v) is 10.9. The summed E-state index contributed by atoms with van der Waals surface area (Å²) in [5, 5.41) is 0. The van der Waals surface area contributed by atoms with Crippen LogP contribution in [0.5, 0.6) is 0 Å². The second kappa shape index (κ2) is 5.78. The molecule has 0 aromatic rings. The van der Waals surface area contributed by atoms with Gasteiger partial charge in [-0.3, -0.25) is 4.90 Å². The Hall–Kier alpha value is -0.383. The smallest absolute Gasteiger partial charge is 0.165 e. The van der Waals surface area contributed by atoms with E-state index in [1.54, 1.807) is 0 Å². The number of nitrogens with zero attached hydrogens (tertiary/aromatic N) is 1. The third kappa shape index (κ3) is 3.63. The molecule has 0 saturated carbocycles. The Labute approximate surface area is 123 Å². The minimum atomic E-state index is -1.26. The summed E-state index contributed by atoms with van der Waals surface area (Å²) in [5.74, 6) is 2.12. The molecule has 2 saturated heterocycles. The van der Waals surface area contributed by atoms with E-state index in [4.69, 9.17) is 20.6 Å². The number of terminal acetylenes is 1. The van der Waals surface area contributed by atoms with Gasteiger partial charge in [0.1, 0.15) is 12.2 Å². The highest BCUT2D eigenvalue weighted by Crippen LogP contribution is 2.30. The summed E-state index contributed by atoms with van der Waals surface area (Å²) in [4.78, 5) is 2.40. The van der Waals surface area contributed by atoms with Crippen molar-refractivity contribution in [1.29, 1.82) is 0 Å². The minimum absolute atomic E-state index is 0.0736. The van der Waals surface area contributed by atoms with E-state index in [0.29, 0.717) is 12.4 Å². The van der Waals surface area contributed by atoms with Crippen LogP contribution in [0.4, 0.5) is 0 Å². The van der Waals surface area contributed by atoms with Gasteiger partial charge in [-0.2, -0.15) is 0 Å². The SMILES string of the molecule is C#C[C@@H]1OC(C)(C)O[C@H]1CN1COCCC1[Si](C)(C)C. The lowest BCUT2D eigenvalue weighted by atomic mass is 10.2. The van der Waals surface area contributed by atoms with Gasteiger partial charge >= 0.3 is 0 Å². The first-order valence-electron chi connectivity index (χ1n) is 7.36. The van der Waals surface area contributed by atoms with Crippen molar-refractivity contribution in [2.45, 2.75) is 63.6 Å². The maximum atomic E-state index is 5.97. The molecule has 5 heteroatoms. The van der Waals surface area contributed by atoms with Gasteiger partial charge in [0.15, 0.2) is 5.79 Å². The molecule has 2 fully saturated rings. The van der Waals surface area contributed by atoms with Crippen LogP contribution in [0.3, 0.4) is 0 Å². The number of hydrogen-bond acceptors (Lipinski definition) is 4. The molecule has 0 spiro atoms. The van der Waals surface area contributed by atoms with E-state index in [0.717, 1.165) is 19.6 Å². The lowest BCUT2D eigenvalue weighted by Gasteiger charge is -2.43. The molecule has 1 unspecified atom stereocenters. The van der Waals surface area contributed by atoms with Crippen molar-refractivity contribution in [2.75, 3.05) is 19.9 Å². The summed E-state index contributed by atoms with van der Waals surface area (Å²) in [7, 11) is -1.26. The highest BCUT2D eigenvalue weighted by atomic mass is 28.3. The summed E-state index contributed by atoms with van der Waals surface area (Å²) < 4.78 is 17.4. The van der Waals surface area contributed by atoms with Crippen molar-refractivity contribution < 1.29 is 14.2 Å². The Balaban J connectivity index is 2.06. The van der Waals surface area contributed by atoms with Crippen LogP contribution in [0.2, 0.25) is 19.6 Å². The van der Waals surface area contributed by atoms with Crippen LogP contribution in [-0.2, 0) is 14.2 Å². The van der Waals surface area contributed by atoms with Gasteiger partial charge in [-0.05, 0) is 20.3 Å². The van der Waals surface area contributed by atoms with Gasteiger partial charge in [0.2, 0.25) is 0 Å². The van der Waals surface area contributed by atoms with E-state index in [9.17, 15) is 0 Å². The van der Waals surface area contributed by atoms with Gasteiger partial charge in [0.05, 0.1) is 14.8 Å². The van der Waals surface area contributed by atoms with E-state index in [1.165, 1.54) is 0 Å².